The zero-order valence-electron chi connectivity index (χ0n) is 25.9. The average molecular weight is 603 g/mol. The third-order valence-corrected chi connectivity index (χ3v) is 9.88. The van der Waals surface area contributed by atoms with Gasteiger partial charge in [-0.25, -0.2) is 0 Å². The van der Waals surface area contributed by atoms with Crippen molar-refractivity contribution in [3.63, 3.8) is 0 Å². The number of hydrogen-bond acceptors (Lipinski definition) is 6. The standard InChI is InChI=1S/C20H24N2O2.C14H30O3S/c1-3-13-12-22-9-7-14(13)10-19(22)20(23)16-6-8-21-18-5-4-15(24-2)11-17(16)18;1-2-3-4-5-6-7-8-9-10-11-12-13-14-18(15,16)17/h3-6,8,11,13-14,19-20,23H,1,7,9-10,12H2,2H3;2-14H2,1H3,(H,15,16,17)/t13-,14-,19-,20+;/m0./s1. The minimum Gasteiger partial charge on any atom is -0.497 e. The Morgan fingerprint density at radius 1 is 1.05 bits per heavy atom. The molecule has 3 aliphatic rings. The first-order valence-electron chi connectivity index (χ1n) is 16.2. The summed E-state index contributed by atoms with van der Waals surface area (Å²) in [5.41, 5.74) is 1.85. The Hall–Kier alpha value is -2.00. The van der Waals surface area contributed by atoms with Crippen LogP contribution in [0.25, 0.3) is 10.9 Å². The molecule has 0 amide bonds. The van der Waals surface area contributed by atoms with Gasteiger partial charge in [0.15, 0.2) is 0 Å². The number of pyridine rings is 1. The van der Waals surface area contributed by atoms with Gasteiger partial charge < -0.3 is 9.84 Å². The topological polar surface area (TPSA) is 100.0 Å². The van der Waals surface area contributed by atoms with Gasteiger partial charge in [-0.2, -0.15) is 8.42 Å². The number of ether oxygens (including phenoxy) is 1. The highest BCUT2D eigenvalue weighted by Gasteiger charge is 2.42. The lowest BCUT2D eigenvalue weighted by molar-refractivity contribution is -0.0444. The molecule has 2 N–H and O–H groups in total. The molecule has 2 aromatic rings. The minimum absolute atomic E-state index is 0.0789. The highest BCUT2D eigenvalue weighted by atomic mass is 32.2. The quantitative estimate of drug-likeness (QED) is 0.108. The van der Waals surface area contributed by atoms with Gasteiger partial charge in [0.1, 0.15) is 5.75 Å². The number of fused-ring (bicyclic) bond motifs is 4. The van der Waals surface area contributed by atoms with Crippen LogP contribution in [-0.4, -0.2) is 60.0 Å². The zero-order valence-corrected chi connectivity index (χ0v) is 26.7. The maximum atomic E-state index is 11.2. The molecule has 0 spiro atoms. The van der Waals surface area contributed by atoms with E-state index in [9.17, 15) is 13.5 Å². The van der Waals surface area contributed by atoms with Gasteiger partial charge in [0, 0.05) is 24.2 Å². The molecule has 42 heavy (non-hydrogen) atoms. The summed E-state index contributed by atoms with van der Waals surface area (Å²) in [6.07, 6.45) is 20.1. The molecule has 4 heterocycles. The molecule has 5 rings (SSSR count). The van der Waals surface area contributed by atoms with Crippen LogP contribution in [0.4, 0.5) is 0 Å². The first-order valence-corrected chi connectivity index (χ1v) is 17.8. The lowest BCUT2D eigenvalue weighted by atomic mass is 9.73. The van der Waals surface area contributed by atoms with E-state index in [0.29, 0.717) is 18.3 Å². The monoisotopic (exact) mass is 602 g/mol. The number of rotatable bonds is 17. The number of hydrogen-bond donors (Lipinski definition) is 2. The van der Waals surface area contributed by atoms with E-state index in [2.05, 4.69) is 29.5 Å². The number of nitrogens with zero attached hydrogens (tertiary/aromatic N) is 2. The Kier molecular flexibility index (Phi) is 14.7. The smallest absolute Gasteiger partial charge is 0.264 e. The van der Waals surface area contributed by atoms with Crippen molar-refractivity contribution in [1.29, 1.82) is 0 Å². The van der Waals surface area contributed by atoms with Gasteiger partial charge in [-0.3, -0.25) is 14.4 Å². The van der Waals surface area contributed by atoms with Crippen molar-refractivity contribution in [1.82, 2.24) is 9.88 Å². The predicted octanol–water partition coefficient (Wildman–Crippen LogP) is 7.75. The third-order valence-electron chi connectivity index (χ3n) is 9.08. The number of benzene rings is 1. The average Bonchev–Trinajstić information content (AvgIpc) is 3.00. The van der Waals surface area contributed by atoms with Gasteiger partial charge in [0.2, 0.25) is 0 Å². The summed E-state index contributed by atoms with van der Waals surface area (Å²) in [6, 6.07) is 7.96. The molecule has 3 fully saturated rings. The minimum atomic E-state index is -3.74. The highest BCUT2D eigenvalue weighted by Crippen LogP contribution is 2.42. The van der Waals surface area contributed by atoms with Crippen LogP contribution < -0.4 is 4.74 Å². The van der Waals surface area contributed by atoms with E-state index < -0.39 is 16.2 Å². The number of methoxy groups -OCH3 is 1. The zero-order chi connectivity index (χ0) is 30.4. The van der Waals surface area contributed by atoms with Crippen molar-refractivity contribution in [2.24, 2.45) is 11.8 Å². The summed E-state index contributed by atoms with van der Waals surface area (Å²) in [7, 11) is -2.08. The van der Waals surface area contributed by atoms with E-state index in [1.807, 2.05) is 24.3 Å². The molecule has 0 radical (unpaired) electrons. The fourth-order valence-electron chi connectivity index (χ4n) is 6.57. The molecule has 2 bridgehead atoms. The van der Waals surface area contributed by atoms with E-state index in [1.165, 1.54) is 64.2 Å². The lowest BCUT2D eigenvalue weighted by Crippen LogP contribution is -2.54. The Labute approximate surface area is 254 Å². The fourth-order valence-corrected chi connectivity index (χ4v) is 7.14. The van der Waals surface area contributed by atoms with Crippen molar-refractivity contribution in [2.75, 3.05) is 26.0 Å². The van der Waals surface area contributed by atoms with Crippen LogP contribution in [0, 0.1) is 11.8 Å². The number of aliphatic hydroxyl groups excluding tert-OH is 1. The number of aromatic nitrogens is 1. The second-order valence-electron chi connectivity index (χ2n) is 12.1. The molecule has 1 aromatic heterocycles. The highest BCUT2D eigenvalue weighted by molar-refractivity contribution is 7.85. The van der Waals surface area contributed by atoms with Crippen LogP contribution in [0.3, 0.4) is 0 Å². The molecule has 3 saturated heterocycles. The largest absolute Gasteiger partial charge is 0.497 e. The van der Waals surface area contributed by atoms with Crippen LogP contribution in [-0.2, 0) is 10.1 Å². The predicted molar refractivity (Wildman–Crippen MR) is 173 cm³/mol. The first kappa shape index (κ1) is 34.5. The summed E-state index contributed by atoms with van der Waals surface area (Å²) in [5, 5.41) is 12.1. The van der Waals surface area contributed by atoms with Crippen molar-refractivity contribution in [3.05, 3.63) is 48.7 Å². The number of aliphatic hydroxyl groups is 1. The van der Waals surface area contributed by atoms with Crippen molar-refractivity contribution < 1.29 is 22.8 Å². The van der Waals surface area contributed by atoms with Gasteiger partial charge in [-0.1, -0.05) is 83.6 Å². The molecule has 7 nitrogen and oxygen atoms in total. The molecule has 236 valence electrons. The van der Waals surface area contributed by atoms with Crippen LogP contribution in [0.2, 0.25) is 0 Å². The van der Waals surface area contributed by atoms with Gasteiger partial charge in [0.05, 0.1) is 24.5 Å². The Bertz CT molecular complexity index is 1190. The summed E-state index contributed by atoms with van der Waals surface area (Å²) in [5.74, 6) is 1.93. The maximum Gasteiger partial charge on any atom is 0.264 e. The van der Waals surface area contributed by atoms with Crippen LogP contribution in [0.1, 0.15) is 108 Å². The SMILES string of the molecule is C=C[C@H]1CN2CC[C@H]1C[C@H]2[C@H](O)c1ccnc2ccc(OC)cc12.CCCCCCCCCCCCCCS(=O)(=O)O. The molecule has 0 aliphatic carbocycles. The summed E-state index contributed by atoms with van der Waals surface area (Å²) in [4.78, 5) is 6.86. The summed E-state index contributed by atoms with van der Waals surface area (Å²) in [6.45, 7) is 8.31. The second-order valence-corrected chi connectivity index (χ2v) is 13.7. The first-order chi connectivity index (χ1) is 20.3. The van der Waals surface area contributed by atoms with E-state index >= 15 is 0 Å². The van der Waals surface area contributed by atoms with Gasteiger partial charge in [-0.15, -0.1) is 6.58 Å². The lowest BCUT2D eigenvalue weighted by Gasteiger charge is -2.50. The molecule has 0 saturated carbocycles. The van der Waals surface area contributed by atoms with Gasteiger partial charge in [-0.05, 0) is 67.5 Å². The third kappa shape index (κ3) is 10.9. The van der Waals surface area contributed by atoms with Gasteiger partial charge in [0.25, 0.3) is 10.1 Å². The van der Waals surface area contributed by atoms with Crippen LogP contribution >= 0.6 is 0 Å². The number of unbranched alkanes of at least 4 members (excludes halogenated alkanes) is 11. The molecule has 1 aromatic carbocycles. The van der Waals surface area contributed by atoms with E-state index in [1.54, 1.807) is 13.3 Å². The van der Waals surface area contributed by atoms with Crippen molar-refractivity contribution in [3.8, 4) is 5.75 Å². The van der Waals surface area contributed by atoms with Gasteiger partial charge >= 0.3 is 0 Å². The second kappa shape index (κ2) is 18.0. The summed E-state index contributed by atoms with van der Waals surface area (Å²) < 4.78 is 34.8. The maximum absolute atomic E-state index is 11.2. The Morgan fingerprint density at radius 3 is 2.24 bits per heavy atom. The van der Waals surface area contributed by atoms with Crippen LogP contribution in [0.15, 0.2) is 43.1 Å². The molecule has 8 heteroatoms. The fraction of sp³-hybridized carbons (Fsp3) is 0.676. The molecule has 1 unspecified atom stereocenters. The molecule has 3 aliphatic heterocycles. The summed E-state index contributed by atoms with van der Waals surface area (Å²) >= 11 is 0. The van der Waals surface area contributed by atoms with Crippen molar-refractivity contribution >= 4 is 21.0 Å². The van der Waals surface area contributed by atoms with E-state index in [4.69, 9.17) is 9.29 Å². The van der Waals surface area contributed by atoms with E-state index in [-0.39, 0.29) is 11.8 Å². The molecular weight excluding hydrogens is 548 g/mol. The van der Waals surface area contributed by atoms with E-state index in [0.717, 1.165) is 54.6 Å². The van der Waals surface area contributed by atoms with Crippen molar-refractivity contribution in [2.45, 2.75) is 109 Å². The Balaban J connectivity index is 0.000000243. The Morgan fingerprint density at radius 2 is 1.69 bits per heavy atom. The normalized spacial score (nSPS) is 22.4. The molecular formula is C34H54N2O5S. The molecule has 5 atom stereocenters. The van der Waals surface area contributed by atoms with Crippen LogP contribution in [0.5, 0.6) is 5.75 Å². The number of piperidine rings is 3.